The van der Waals surface area contributed by atoms with Gasteiger partial charge in [-0.3, -0.25) is 0 Å². The molecule has 86 valence electrons. The predicted octanol–water partition coefficient (Wildman–Crippen LogP) is 4.44. The Bertz CT molecular complexity index is 183. The van der Waals surface area contributed by atoms with Gasteiger partial charge in [-0.15, -0.1) is 0 Å². The van der Waals surface area contributed by atoms with E-state index >= 15 is 0 Å². The molecular formula is C12H28OSi. The van der Waals surface area contributed by atoms with Crippen LogP contribution in [0.5, 0.6) is 0 Å². The molecule has 0 fully saturated rings. The van der Waals surface area contributed by atoms with E-state index in [9.17, 15) is 0 Å². The minimum Gasteiger partial charge on any atom is -0.414 e. The zero-order valence-electron chi connectivity index (χ0n) is 11.5. The van der Waals surface area contributed by atoms with Crippen molar-refractivity contribution in [3.05, 3.63) is 0 Å². The maximum atomic E-state index is 6.31. The lowest BCUT2D eigenvalue weighted by molar-refractivity contribution is 0.0892. The SMILES string of the molecule is C[C@H](O[Si](C)(C)C(C)(C)C)C(C)(C)C. The number of rotatable bonds is 2. The topological polar surface area (TPSA) is 9.23 Å². The van der Waals surface area contributed by atoms with Crippen molar-refractivity contribution in [2.24, 2.45) is 5.41 Å². The van der Waals surface area contributed by atoms with Gasteiger partial charge in [0.15, 0.2) is 8.32 Å². The number of hydrogen-bond donors (Lipinski definition) is 0. The summed E-state index contributed by atoms with van der Waals surface area (Å²) in [6, 6.07) is 0. The fourth-order valence-electron chi connectivity index (χ4n) is 0.795. The highest BCUT2D eigenvalue weighted by Crippen LogP contribution is 2.39. The van der Waals surface area contributed by atoms with E-state index in [1.165, 1.54) is 0 Å². The molecule has 0 radical (unpaired) electrons. The minimum atomic E-state index is -1.58. The highest BCUT2D eigenvalue weighted by Gasteiger charge is 2.40. The lowest BCUT2D eigenvalue weighted by atomic mass is 9.91. The fourth-order valence-corrected chi connectivity index (χ4v) is 2.39. The largest absolute Gasteiger partial charge is 0.414 e. The van der Waals surface area contributed by atoms with Gasteiger partial charge >= 0.3 is 0 Å². The quantitative estimate of drug-likeness (QED) is 0.620. The van der Waals surface area contributed by atoms with Gasteiger partial charge in [0.25, 0.3) is 0 Å². The van der Waals surface area contributed by atoms with Crippen LogP contribution in [0, 0.1) is 5.41 Å². The van der Waals surface area contributed by atoms with Crippen molar-refractivity contribution < 1.29 is 4.43 Å². The van der Waals surface area contributed by atoms with Gasteiger partial charge in [-0.05, 0) is 30.5 Å². The van der Waals surface area contributed by atoms with Crippen LogP contribution in [0.3, 0.4) is 0 Å². The van der Waals surface area contributed by atoms with Crippen molar-refractivity contribution in [1.29, 1.82) is 0 Å². The maximum absolute atomic E-state index is 6.31. The monoisotopic (exact) mass is 216 g/mol. The van der Waals surface area contributed by atoms with Crippen molar-refractivity contribution in [1.82, 2.24) is 0 Å². The number of hydrogen-bond acceptors (Lipinski definition) is 1. The summed E-state index contributed by atoms with van der Waals surface area (Å²) >= 11 is 0. The molecule has 0 aliphatic carbocycles. The van der Waals surface area contributed by atoms with Crippen molar-refractivity contribution in [3.8, 4) is 0 Å². The van der Waals surface area contributed by atoms with Crippen LogP contribution in [0.15, 0.2) is 0 Å². The van der Waals surface area contributed by atoms with Crippen LogP contribution < -0.4 is 0 Å². The molecule has 0 amide bonds. The Labute approximate surface area is 91.4 Å². The Hall–Kier alpha value is 0.177. The van der Waals surface area contributed by atoms with E-state index in [-0.39, 0.29) is 5.41 Å². The Morgan fingerprint density at radius 2 is 1.29 bits per heavy atom. The molecule has 0 saturated heterocycles. The molecule has 2 heteroatoms. The predicted molar refractivity (Wildman–Crippen MR) is 67.2 cm³/mol. The Morgan fingerprint density at radius 1 is 0.929 bits per heavy atom. The second-order valence-corrected chi connectivity index (χ2v) is 11.6. The summed E-state index contributed by atoms with van der Waals surface area (Å²) < 4.78 is 6.31. The summed E-state index contributed by atoms with van der Waals surface area (Å²) in [7, 11) is -1.58. The van der Waals surface area contributed by atoms with E-state index in [0.717, 1.165) is 0 Å². The van der Waals surface area contributed by atoms with Crippen LogP contribution in [0.4, 0.5) is 0 Å². The summed E-state index contributed by atoms with van der Waals surface area (Å²) in [6.07, 6.45) is 0.336. The smallest absolute Gasteiger partial charge is 0.192 e. The van der Waals surface area contributed by atoms with Gasteiger partial charge in [-0.1, -0.05) is 41.5 Å². The summed E-state index contributed by atoms with van der Waals surface area (Å²) in [5.41, 5.74) is 0.246. The molecule has 0 saturated carbocycles. The van der Waals surface area contributed by atoms with E-state index in [2.05, 4.69) is 61.6 Å². The standard InChI is InChI=1S/C12H28OSi/c1-10(11(2,3)4)13-14(8,9)12(5,6)7/h10H,1-9H3/t10-/m0/s1. The Kier molecular flexibility index (Phi) is 4.02. The van der Waals surface area contributed by atoms with Crippen LogP contribution in [0.2, 0.25) is 18.1 Å². The molecule has 0 heterocycles. The first kappa shape index (κ1) is 14.2. The fraction of sp³-hybridized carbons (Fsp3) is 1.00. The first-order valence-electron chi connectivity index (χ1n) is 5.56. The van der Waals surface area contributed by atoms with Gasteiger partial charge in [-0.25, -0.2) is 0 Å². The molecule has 0 unspecified atom stereocenters. The van der Waals surface area contributed by atoms with Crippen molar-refractivity contribution in [3.63, 3.8) is 0 Å². The van der Waals surface area contributed by atoms with Crippen molar-refractivity contribution in [2.45, 2.75) is 72.7 Å². The van der Waals surface area contributed by atoms with E-state index in [1.807, 2.05) is 0 Å². The second kappa shape index (κ2) is 3.97. The molecule has 1 atom stereocenters. The summed E-state index contributed by atoms with van der Waals surface area (Å²) in [5.74, 6) is 0. The third-order valence-electron chi connectivity index (χ3n) is 3.50. The zero-order chi connectivity index (χ0) is 11.8. The lowest BCUT2D eigenvalue weighted by Crippen LogP contribution is -2.46. The van der Waals surface area contributed by atoms with Crippen LogP contribution in [-0.2, 0) is 4.43 Å². The molecule has 0 aliphatic rings. The molecule has 0 rings (SSSR count). The van der Waals surface area contributed by atoms with Gasteiger partial charge < -0.3 is 4.43 Å². The molecule has 0 N–H and O–H groups in total. The van der Waals surface area contributed by atoms with Crippen molar-refractivity contribution >= 4 is 8.32 Å². The lowest BCUT2D eigenvalue weighted by Gasteiger charge is -2.42. The summed E-state index contributed by atoms with van der Waals surface area (Å²) in [5, 5.41) is 0.312. The molecule has 14 heavy (non-hydrogen) atoms. The average molecular weight is 216 g/mol. The Balaban J connectivity index is 4.53. The summed E-state index contributed by atoms with van der Waals surface area (Å²) in [4.78, 5) is 0. The van der Waals surface area contributed by atoms with Crippen LogP contribution in [0.25, 0.3) is 0 Å². The second-order valence-electron chi connectivity index (χ2n) is 6.89. The molecule has 0 bridgehead atoms. The van der Waals surface area contributed by atoms with E-state index in [1.54, 1.807) is 0 Å². The molecule has 0 aromatic rings. The zero-order valence-corrected chi connectivity index (χ0v) is 12.5. The molecular weight excluding hydrogens is 188 g/mol. The molecule has 1 nitrogen and oxygen atoms in total. The average Bonchev–Trinajstić information content (AvgIpc) is 1.80. The van der Waals surface area contributed by atoms with Gasteiger partial charge in [-0.2, -0.15) is 0 Å². The third-order valence-corrected chi connectivity index (χ3v) is 8.05. The third kappa shape index (κ3) is 3.74. The van der Waals surface area contributed by atoms with Crippen LogP contribution in [-0.4, -0.2) is 14.4 Å². The van der Waals surface area contributed by atoms with Crippen LogP contribution in [0.1, 0.15) is 48.5 Å². The highest BCUT2D eigenvalue weighted by atomic mass is 28.4. The Morgan fingerprint density at radius 3 is 1.50 bits per heavy atom. The minimum absolute atomic E-state index is 0.246. The van der Waals surface area contributed by atoms with E-state index < -0.39 is 8.32 Å². The van der Waals surface area contributed by atoms with Gasteiger partial charge in [0.2, 0.25) is 0 Å². The maximum Gasteiger partial charge on any atom is 0.192 e. The summed E-state index contributed by atoms with van der Waals surface area (Å²) in [6.45, 7) is 20.4. The van der Waals surface area contributed by atoms with Gasteiger partial charge in [0, 0.05) is 6.10 Å². The molecule has 0 aromatic heterocycles. The normalized spacial score (nSPS) is 16.9. The first-order chi connectivity index (χ1) is 5.88. The van der Waals surface area contributed by atoms with E-state index in [4.69, 9.17) is 4.43 Å². The first-order valence-corrected chi connectivity index (χ1v) is 8.46. The molecule has 0 spiro atoms. The van der Waals surface area contributed by atoms with Gasteiger partial charge in [0.05, 0.1) is 0 Å². The van der Waals surface area contributed by atoms with Crippen molar-refractivity contribution in [2.75, 3.05) is 0 Å². The highest BCUT2D eigenvalue weighted by molar-refractivity contribution is 6.74. The van der Waals surface area contributed by atoms with Gasteiger partial charge in [0.1, 0.15) is 0 Å². The molecule has 0 aliphatic heterocycles. The van der Waals surface area contributed by atoms with Crippen LogP contribution >= 0.6 is 0 Å². The van der Waals surface area contributed by atoms with E-state index in [0.29, 0.717) is 11.1 Å². The molecule has 0 aromatic carbocycles.